The van der Waals surface area contributed by atoms with Crippen LogP contribution in [0.2, 0.25) is 10.0 Å². The van der Waals surface area contributed by atoms with Crippen molar-refractivity contribution >= 4 is 29.5 Å². The maximum atomic E-state index is 11.0. The van der Waals surface area contributed by atoms with Gasteiger partial charge in [-0.2, -0.15) is 0 Å². The van der Waals surface area contributed by atoms with Gasteiger partial charge in [-0.05, 0) is 42.3 Å². The van der Waals surface area contributed by atoms with Crippen molar-refractivity contribution in [2.24, 2.45) is 0 Å². The molecular formula is C15H12Cl2O2. The first-order valence-corrected chi connectivity index (χ1v) is 6.60. The van der Waals surface area contributed by atoms with Gasteiger partial charge in [-0.15, -0.1) is 0 Å². The van der Waals surface area contributed by atoms with Gasteiger partial charge in [0.1, 0.15) is 11.5 Å². The molecule has 0 radical (unpaired) electrons. The second-order valence-electron chi connectivity index (χ2n) is 4.01. The molecule has 98 valence electrons. The van der Waals surface area contributed by atoms with Crippen LogP contribution in [-0.4, -0.2) is 6.29 Å². The van der Waals surface area contributed by atoms with E-state index < -0.39 is 0 Å². The monoisotopic (exact) mass is 294 g/mol. The molecule has 0 atom stereocenters. The van der Waals surface area contributed by atoms with Crippen LogP contribution < -0.4 is 4.74 Å². The summed E-state index contributed by atoms with van der Waals surface area (Å²) in [4.78, 5) is 11.0. The van der Waals surface area contributed by atoms with Crippen molar-refractivity contribution < 1.29 is 9.53 Å². The fourth-order valence-corrected chi connectivity index (χ4v) is 2.12. The van der Waals surface area contributed by atoms with E-state index in [0.717, 1.165) is 18.3 Å². The SMILES string of the molecule is CCc1cc(Oc2cc(Cl)ccc2C=O)ccc1Cl. The first kappa shape index (κ1) is 13.9. The Morgan fingerprint density at radius 3 is 2.63 bits per heavy atom. The lowest BCUT2D eigenvalue weighted by Gasteiger charge is -2.10. The summed E-state index contributed by atoms with van der Waals surface area (Å²) >= 11 is 12.0. The van der Waals surface area contributed by atoms with Gasteiger partial charge < -0.3 is 4.74 Å². The zero-order valence-corrected chi connectivity index (χ0v) is 11.8. The van der Waals surface area contributed by atoms with Gasteiger partial charge >= 0.3 is 0 Å². The van der Waals surface area contributed by atoms with E-state index in [9.17, 15) is 4.79 Å². The van der Waals surface area contributed by atoms with E-state index in [-0.39, 0.29) is 0 Å². The number of halogens is 2. The summed E-state index contributed by atoms with van der Waals surface area (Å²) in [5, 5.41) is 1.22. The molecule has 0 bridgehead atoms. The van der Waals surface area contributed by atoms with Crippen LogP contribution in [0.25, 0.3) is 0 Å². The van der Waals surface area contributed by atoms with Crippen LogP contribution in [0, 0.1) is 0 Å². The third kappa shape index (κ3) is 3.28. The van der Waals surface area contributed by atoms with Crippen LogP contribution in [0.5, 0.6) is 11.5 Å². The van der Waals surface area contributed by atoms with Crippen molar-refractivity contribution in [3.05, 3.63) is 57.6 Å². The summed E-state index contributed by atoms with van der Waals surface area (Å²) in [6, 6.07) is 10.3. The number of carbonyl (C=O) groups excluding carboxylic acids is 1. The Labute approximate surface area is 121 Å². The molecule has 4 heteroatoms. The van der Waals surface area contributed by atoms with Gasteiger partial charge in [0, 0.05) is 16.1 Å². The molecule has 0 N–H and O–H groups in total. The Morgan fingerprint density at radius 2 is 1.95 bits per heavy atom. The van der Waals surface area contributed by atoms with E-state index in [0.29, 0.717) is 27.1 Å². The van der Waals surface area contributed by atoms with Gasteiger partial charge in [0.25, 0.3) is 0 Å². The summed E-state index contributed by atoms with van der Waals surface area (Å²) in [5.74, 6) is 1.07. The Kier molecular flexibility index (Phi) is 4.46. The number of hydrogen-bond acceptors (Lipinski definition) is 2. The van der Waals surface area contributed by atoms with E-state index in [2.05, 4.69) is 0 Å². The number of ether oxygens (including phenoxy) is 1. The van der Waals surface area contributed by atoms with Crippen molar-refractivity contribution in [3.8, 4) is 11.5 Å². The minimum absolute atomic E-state index is 0.437. The highest BCUT2D eigenvalue weighted by Crippen LogP contribution is 2.30. The molecular weight excluding hydrogens is 283 g/mol. The number of benzene rings is 2. The fraction of sp³-hybridized carbons (Fsp3) is 0.133. The highest BCUT2D eigenvalue weighted by molar-refractivity contribution is 6.31. The molecule has 0 unspecified atom stereocenters. The lowest BCUT2D eigenvalue weighted by molar-refractivity contribution is 0.112. The zero-order valence-electron chi connectivity index (χ0n) is 10.3. The van der Waals surface area contributed by atoms with Gasteiger partial charge in [0.2, 0.25) is 0 Å². The first-order valence-electron chi connectivity index (χ1n) is 5.85. The summed E-state index contributed by atoms with van der Waals surface area (Å²) < 4.78 is 5.70. The molecule has 0 saturated carbocycles. The molecule has 2 nitrogen and oxygen atoms in total. The van der Waals surface area contributed by atoms with Gasteiger partial charge in [0.05, 0.1) is 5.56 Å². The van der Waals surface area contributed by atoms with E-state index in [1.54, 1.807) is 30.3 Å². The third-order valence-corrected chi connectivity index (χ3v) is 3.33. The molecule has 0 amide bonds. The van der Waals surface area contributed by atoms with Crippen LogP contribution in [0.15, 0.2) is 36.4 Å². The van der Waals surface area contributed by atoms with Gasteiger partial charge in [0.15, 0.2) is 6.29 Å². The molecule has 0 aliphatic rings. The van der Waals surface area contributed by atoms with Crippen LogP contribution in [0.1, 0.15) is 22.8 Å². The fourth-order valence-electron chi connectivity index (χ4n) is 1.71. The highest BCUT2D eigenvalue weighted by atomic mass is 35.5. The van der Waals surface area contributed by atoms with Gasteiger partial charge in [-0.25, -0.2) is 0 Å². The number of hydrogen-bond donors (Lipinski definition) is 0. The maximum Gasteiger partial charge on any atom is 0.153 e. The predicted molar refractivity (Wildman–Crippen MR) is 77.7 cm³/mol. The first-order chi connectivity index (χ1) is 9.13. The molecule has 19 heavy (non-hydrogen) atoms. The largest absolute Gasteiger partial charge is 0.457 e. The Hall–Kier alpha value is -1.51. The Morgan fingerprint density at radius 1 is 1.16 bits per heavy atom. The average Bonchev–Trinajstić information content (AvgIpc) is 2.41. The average molecular weight is 295 g/mol. The molecule has 0 heterocycles. The van der Waals surface area contributed by atoms with E-state index >= 15 is 0 Å². The van der Waals surface area contributed by atoms with Crippen molar-refractivity contribution in [1.29, 1.82) is 0 Å². The summed E-state index contributed by atoms with van der Waals surface area (Å²) in [7, 11) is 0. The van der Waals surface area contributed by atoms with E-state index in [4.69, 9.17) is 27.9 Å². The topological polar surface area (TPSA) is 26.3 Å². The van der Waals surface area contributed by atoms with Crippen molar-refractivity contribution in [1.82, 2.24) is 0 Å². The molecule has 0 aliphatic carbocycles. The molecule has 2 aromatic carbocycles. The zero-order chi connectivity index (χ0) is 13.8. The quantitative estimate of drug-likeness (QED) is 0.728. The smallest absolute Gasteiger partial charge is 0.153 e. The molecule has 0 saturated heterocycles. The van der Waals surface area contributed by atoms with Crippen LogP contribution in [0.4, 0.5) is 0 Å². The lowest BCUT2D eigenvalue weighted by atomic mass is 10.1. The minimum Gasteiger partial charge on any atom is -0.457 e. The molecule has 0 fully saturated rings. The summed E-state index contributed by atoms with van der Waals surface area (Å²) in [6.45, 7) is 2.02. The van der Waals surface area contributed by atoms with E-state index in [1.165, 1.54) is 0 Å². The standard InChI is InChI=1S/C15H12Cl2O2/c1-2-10-7-13(5-6-14(10)17)19-15-8-12(16)4-3-11(15)9-18/h3-9H,2H2,1H3. The molecule has 2 aromatic rings. The van der Waals surface area contributed by atoms with Crippen molar-refractivity contribution in [3.63, 3.8) is 0 Å². The summed E-state index contributed by atoms with van der Waals surface area (Å²) in [5.41, 5.74) is 1.45. The van der Waals surface area contributed by atoms with E-state index in [1.807, 2.05) is 13.0 Å². The molecule has 2 rings (SSSR count). The number of rotatable bonds is 4. The number of aryl methyl sites for hydroxylation is 1. The normalized spacial score (nSPS) is 10.3. The number of aldehydes is 1. The maximum absolute atomic E-state index is 11.0. The lowest BCUT2D eigenvalue weighted by Crippen LogP contribution is -1.92. The minimum atomic E-state index is 0.437. The van der Waals surface area contributed by atoms with Crippen molar-refractivity contribution in [2.45, 2.75) is 13.3 Å². The van der Waals surface area contributed by atoms with Crippen molar-refractivity contribution in [2.75, 3.05) is 0 Å². The van der Waals surface area contributed by atoms with Crippen LogP contribution in [-0.2, 0) is 6.42 Å². The van der Waals surface area contributed by atoms with Crippen LogP contribution >= 0.6 is 23.2 Å². The molecule has 0 spiro atoms. The summed E-state index contributed by atoms with van der Waals surface area (Å²) in [6.07, 6.45) is 1.55. The van der Waals surface area contributed by atoms with Crippen LogP contribution in [0.3, 0.4) is 0 Å². The van der Waals surface area contributed by atoms with Gasteiger partial charge in [-0.1, -0.05) is 30.1 Å². The third-order valence-electron chi connectivity index (χ3n) is 2.73. The Balaban J connectivity index is 2.35. The molecule has 0 aromatic heterocycles. The highest BCUT2D eigenvalue weighted by Gasteiger charge is 2.07. The molecule has 0 aliphatic heterocycles. The second kappa shape index (κ2) is 6.09. The predicted octanol–water partition coefficient (Wildman–Crippen LogP) is 5.16. The second-order valence-corrected chi connectivity index (χ2v) is 4.85. The van der Waals surface area contributed by atoms with Gasteiger partial charge in [-0.3, -0.25) is 4.79 Å². The Bertz CT molecular complexity index is 609. The number of carbonyl (C=O) groups is 1.